The highest BCUT2D eigenvalue weighted by Gasteiger charge is 2.14. The summed E-state index contributed by atoms with van der Waals surface area (Å²) in [7, 11) is 1.47. The molecule has 4 heteroatoms. The van der Waals surface area contributed by atoms with E-state index in [1.165, 1.54) is 7.11 Å². The van der Waals surface area contributed by atoms with Gasteiger partial charge in [0.25, 0.3) is 0 Å². The molecule has 1 N–H and O–H groups in total. The molecule has 0 aromatic heterocycles. The van der Waals surface area contributed by atoms with Gasteiger partial charge in [-0.1, -0.05) is 0 Å². The number of hydrogen-bond donors (Lipinski definition) is 1. The molecule has 0 spiro atoms. The molecule has 0 fully saturated rings. The Balaban J connectivity index is 3.38. The Morgan fingerprint density at radius 2 is 2.15 bits per heavy atom. The zero-order valence-corrected chi connectivity index (χ0v) is 9.45. The molecule has 13 heavy (non-hydrogen) atoms. The summed E-state index contributed by atoms with van der Waals surface area (Å²) >= 11 is 2.06. The van der Waals surface area contributed by atoms with E-state index in [1.807, 2.05) is 13.0 Å². The third-order valence-electron chi connectivity index (χ3n) is 1.62. The minimum absolute atomic E-state index is 0.215. The molecule has 1 aromatic rings. The number of rotatable bonds is 2. The Morgan fingerprint density at radius 1 is 1.54 bits per heavy atom. The lowest BCUT2D eigenvalue weighted by Gasteiger charge is -2.07. The molecule has 0 unspecified atom stereocenters. The van der Waals surface area contributed by atoms with E-state index in [4.69, 9.17) is 9.84 Å². The van der Waals surface area contributed by atoms with Crippen molar-refractivity contribution in [3.05, 3.63) is 26.8 Å². The number of benzene rings is 1. The maximum absolute atomic E-state index is 10.8. The van der Waals surface area contributed by atoms with Gasteiger partial charge in [-0.15, -0.1) is 0 Å². The monoisotopic (exact) mass is 292 g/mol. The predicted molar refractivity (Wildman–Crippen MR) is 57.4 cm³/mol. The molecular formula is C9H9IO3. The fraction of sp³-hybridized carbons (Fsp3) is 0.222. The third kappa shape index (κ3) is 2.12. The lowest BCUT2D eigenvalue weighted by atomic mass is 10.1. The van der Waals surface area contributed by atoms with E-state index in [1.54, 1.807) is 6.07 Å². The van der Waals surface area contributed by atoms with Crippen LogP contribution in [-0.2, 0) is 0 Å². The summed E-state index contributed by atoms with van der Waals surface area (Å²) in [5, 5.41) is 8.86. The molecule has 3 nitrogen and oxygen atoms in total. The van der Waals surface area contributed by atoms with Crippen LogP contribution in [0.4, 0.5) is 0 Å². The Morgan fingerprint density at radius 3 is 2.62 bits per heavy atom. The highest BCUT2D eigenvalue weighted by molar-refractivity contribution is 14.1. The highest BCUT2D eigenvalue weighted by Crippen LogP contribution is 2.26. The van der Waals surface area contributed by atoms with Gasteiger partial charge in [-0.2, -0.15) is 0 Å². The number of ether oxygens (including phenoxy) is 1. The van der Waals surface area contributed by atoms with Crippen LogP contribution in [0, 0.1) is 10.5 Å². The first-order valence-electron chi connectivity index (χ1n) is 3.63. The lowest BCUT2D eigenvalue weighted by molar-refractivity contribution is 0.0693. The molecule has 0 amide bonds. The summed E-state index contributed by atoms with van der Waals surface area (Å²) in [6.07, 6.45) is 0. The van der Waals surface area contributed by atoms with Crippen LogP contribution in [0.2, 0.25) is 0 Å². The van der Waals surface area contributed by atoms with Crippen molar-refractivity contribution in [3.63, 3.8) is 0 Å². The van der Waals surface area contributed by atoms with Gasteiger partial charge in [0, 0.05) is 0 Å². The van der Waals surface area contributed by atoms with Crippen LogP contribution in [0.15, 0.2) is 12.1 Å². The molecule has 0 aliphatic heterocycles. The van der Waals surface area contributed by atoms with Crippen LogP contribution < -0.4 is 4.74 Å². The molecule has 0 aliphatic carbocycles. The highest BCUT2D eigenvalue weighted by atomic mass is 127. The Labute approximate surface area is 89.9 Å². The SMILES string of the molecule is COc1c(I)cc(C)cc1C(=O)O. The summed E-state index contributed by atoms with van der Waals surface area (Å²) in [4.78, 5) is 10.8. The van der Waals surface area contributed by atoms with Gasteiger partial charge in [0.1, 0.15) is 11.3 Å². The average Bonchev–Trinajstić information content (AvgIpc) is 2.02. The largest absolute Gasteiger partial charge is 0.495 e. The van der Waals surface area contributed by atoms with Crippen molar-refractivity contribution in [3.8, 4) is 5.75 Å². The van der Waals surface area contributed by atoms with Crippen molar-refractivity contribution in [1.29, 1.82) is 0 Å². The maximum atomic E-state index is 10.8. The zero-order valence-electron chi connectivity index (χ0n) is 7.30. The van der Waals surface area contributed by atoms with Crippen molar-refractivity contribution >= 4 is 28.6 Å². The van der Waals surface area contributed by atoms with Crippen LogP contribution in [0.3, 0.4) is 0 Å². The fourth-order valence-electron chi connectivity index (χ4n) is 1.10. The normalized spacial score (nSPS) is 9.77. The predicted octanol–water partition coefficient (Wildman–Crippen LogP) is 2.31. The van der Waals surface area contributed by atoms with Gasteiger partial charge < -0.3 is 9.84 Å². The van der Waals surface area contributed by atoms with E-state index < -0.39 is 5.97 Å². The molecule has 70 valence electrons. The first kappa shape index (κ1) is 10.3. The number of carboxylic acid groups (broad SMARTS) is 1. The molecule has 0 saturated carbocycles. The number of aryl methyl sites for hydroxylation is 1. The molecule has 0 atom stereocenters. The van der Waals surface area contributed by atoms with E-state index in [-0.39, 0.29) is 5.56 Å². The lowest BCUT2D eigenvalue weighted by Crippen LogP contribution is -2.02. The summed E-state index contributed by atoms with van der Waals surface area (Å²) in [5.74, 6) is -0.530. The molecule has 0 aliphatic rings. The van der Waals surface area contributed by atoms with Crippen molar-refractivity contribution in [2.24, 2.45) is 0 Å². The smallest absolute Gasteiger partial charge is 0.339 e. The van der Waals surface area contributed by atoms with Crippen LogP contribution in [0.5, 0.6) is 5.75 Å². The summed E-state index contributed by atoms with van der Waals surface area (Å²) < 4.78 is 5.82. The van der Waals surface area contributed by atoms with Gasteiger partial charge in [0.2, 0.25) is 0 Å². The number of carbonyl (C=O) groups is 1. The maximum Gasteiger partial charge on any atom is 0.339 e. The minimum atomic E-state index is -0.960. The van der Waals surface area contributed by atoms with E-state index in [9.17, 15) is 4.79 Å². The molecule has 0 bridgehead atoms. The zero-order chi connectivity index (χ0) is 10.0. The fourth-order valence-corrected chi connectivity index (χ4v) is 2.10. The van der Waals surface area contributed by atoms with Gasteiger partial charge in [0.15, 0.2) is 0 Å². The standard InChI is InChI=1S/C9H9IO3/c1-5-3-6(9(11)12)8(13-2)7(10)4-5/h3-4H,1-2H3,(H,11,12). The summed E-state index contributed by atoms with van der Waals surface area (Å²) in [6.45, 7) is 1.86. The van der Waals surface area contributed by atoms with Gasteiger partial charge in [0.05, 0.1) is 10.7 Å². The molecule has 0 heterocycles. The van der Waals surface area contributed by atoms with Gasteiger partial charge in [-0.25, -0.2) is 4.79 Å². The topological polar surface area (TPSA) is 46.5 Å². The number of aromatic carboxylic acids is 1. The second kappa shape index (κ2) is 3.95. The van der Waals surface area contributed by atoms with Crippen LogP contribution in [0.25, 0.3) is 0 Å². The quantitative estimate of drug-likeness (QED) is 0.851. The van der Waals surface area contributed by atoms with E-state index in [0.29, 0.717) is 5.75 Å². The molecule has 0 saturated heterocycles. The van der Waals surface area contributed by atoms with E-state index >= 15 is 0 Å². The van der Waals surface area contributed by atoms with Gasteiger partial charge in [-0.05, 0) is 47.2 Å². The number of carboxylic acids is 1. The molecule has 1 aromatic carbocycles. The summed E-state index contributed by atoms with van der Waals surface area (Å²) in [5.41, 5.74) is 1.13. The van der Waals surface area contributed by atoms with Crippen molar-refractivity contribution < 1.29 is 14.6 Å². The Kier molecular flexibility index (Phi) is 3.13. The molecule has 0 radical (unpaired) electrons. The second-order valence-corrected chi connectivity index (χ2v) is 3.79. The Bertz CT molecular complexity index is 347. The van der Waals surface area contributed by atoms with Crippen molar-refractivity contribution in [1.82, 2.24) is 0 Å². The first-order valence-corrected chi connectivity index (χ1v) is 4.71. The van der Waals surface area contributed by atoms with Crippen LogP contribution >= 0.6 is 22.6 Å². The van der Waals surface area contributed by atoms with Gasteiger partial charge in [-0.3, -0.25) is 0 Å². The van der Waals surface area contributed by atoms with Crippen LogP contribution in [-0.4, -0.2) is 18.2 Å². The third-order valence-corrected chi connectivity index (χ3v) is 2.42. The average molecular weight is 292 g/mol. The minimum Gasteiger partial charge on any atom is -0.495 e. The molecule has 1 rings (SSSR count). The van der Waals surface area contributed by atoms with Crippen molar-refractivity contribution in [2.75, 3.05) is 7.11 Å². The van der Waals surface area contributed by atoms with E-state index in [0.717, 1.165) is 9.13 Å². The number of hydrogen-bond acceptors (Lipinski definition) is 2. The number of methoxy groups -OCH3 is 1. The molecular weight excluding hydrogens is 283 g/mol. The Hall–Kier alpha value is -0.780. The van der Waals surface area contributed by atoms with E-state index in [2.05, 4.69) is 22.6 Å². The van der Waals surface area contributed by atoms with Crippen LogP contribution in [0.1, 0.15) is 15.9 Å². The second-order valence-electron chi connectivity index (χ2n) is 2.63. The van der Waals surface area contributed by atoms with Gasteiger partial charge >= 0.3 is 5.97 Å². The number of halogens is 1. The summed E-state index contributed by atoms with van der Waals surface area (Å²) in [6, 6.07) is 3.48. The van der Waals surface area contributed by atoms with Crippen molar-refractivity contribution in [2.45, 2.75) is 6.92 Å². The first-order chi connectivity index (χ1) is 6.06.